The molecule has 0 N–H and O–H groups in total. The zero-order valence-corrected chi connectivity index (χ0v) is 20.0. The van der Waals surface area contributed by atoms with Crippen LogP contribution >= 0.6 is 0 Å². The molecule has 0 aliphatic carbocycles. The van der Waals surface area contributed by atoms with Crippen LogP contribution in [0.2, 0.25) is 0 Å². The molecule has 0 aromatic heterocycles. The van der Waals surface area contributed by atoms with Gasteiger partial charge in [-0.2, -0.15) is 0 Å². The first-order valence-corrected chi connectivity index (χ1v) is 10.9. The van der Waals surface area contributed by atoms with Crippen LogP contribution in [-0.2, 0) is 0 Å². The van der Waals surface area contributed by atoms with Crippen LogP contribution in [0.1, 0.15) is 90.8 Å². The second-order valence-corrected chi connectivity index (χ2v) is 8.98. The highest BCUT2D eigenvalue weighted by molar-refractivity contribution is 6.07. The molecule has 0 fully saturated rings. The van der Waals surface area contributed by atoms with Crippen molar-refractivity contribution in [2.45, 2.75) is 59.5 Å². The summed E-state index contributed by atoms with van der Waals surface area (Å²) in [6.45, 7) is 12.7. The second kappa shape index (κ2) is 10.4. The predicted molar refractivity (Wildman–Crippen MR) is 128 cm³/mol. The van der Waals surface area contributed by atoms with E-state index in [1.165, 1.54) is 10.5 Å². The fraction of sp³-hybridized carbons (Fsp3) is 0.407. The van der Waals surface area contributed by atoms with Crippen LogP contribution in [0.3, 0.4) is 0 Å². The van der Waals surface area contributed by atoms with E-state index in [-0.39, 0.29) is 17.8 Å². The molecule has 2 aromatic carbocycles. The van der Waals surface area contributed by atoms with Gasteiger partial charge in [0.15, 0.2) is 5.78 Å². The van der Waals surface area contributed by atoms with Crippen LogP contribution < -0.4 is 4.74 Å². The van der Waals surface area contributed by atoms with E-state index in [0.29, 0.717) is 23.0 Å². The molecule has 166 valence electrons. The van der Waals surface area contributed by atoms with Crippen molar-refractivity contribution in [2.75, 3.05) is 14.1 Å². The van der Waals surface area contributed by atoms with Gasteiger partial charge < -0.3 is 9.64 Å². The van der Waals surface area contributed by atoms with Crippen LogP contribution in [0.4, 0.5) is 0 Å². The van der Waals surface area contributed by atoms with Gasteiger partial charge in [0.25, 0.3) is 5.91 Å². The first kappa shape index (κ1) is 24.4. The van der Waals surface area contributed by atoms with Crippen molar-refractivity contribution in [1.82, 2.24) is 4.90 Å². The number of allylic oxidation sites excluding steroid dienone is 1. The molecule has 0 heterocycles. The van der Waals surface area contributed by atoms with E-state index in [9.17, 15) is 9.59 Å². The van der Waals surface area contributed by atoms with Crippen molar-refractivity contribution < 1.29 is 14.3 Å². The van der Waals surface area contributed by atoms with Crippen molar-refractivity contribution in [3.63, 3.8) is 0 Å². The highest BCUT2D eigenvalue weighted by Gasteiger charge is 2.17. The molecule has 0 aliphatic heterocycles. The number of nitrogens with zero attached hydrogens (tertiary/aromatic N) is 1. The molecule has 2 rings (SSSR count). The topological polar surface area (TPSA) is 46.6 Å². The Labute approximate surface area is 186 Å². The molecular weight excluding hydrogens is 386 g/mol. The Morgan fingerprint density at radius 2 is 1.45 bits per heavy atom. The van der Waals surface area contributed by atoms with Crippen molar-refractivity contribution in [3.8, 4) is 5.75 Å². The lowest BCUT2D eigenvalue weighted by atomic mass is 9.91. The van der Waals surface area contributed by atoms with E-state index in [0.717, 1.165) is 16.9 Å². The summed E-state index contributed by atoms with van der Waals surface area (Å²) in [5.74, 6) is 1.31. The molecule has 4 nitrogen and oxygen atoms in total. The quantitative estimate of drug-likeness (QED) is 0.370. The van der Waals surface area contributed by atoms with E-state index < -0.39 is 0 Å². The minimum Gasteiger partial charge on any atom is -0.490 e. The maximum absolute atomic E-state index is 12.8. The summed E-state index contributed by atoms with van der Waals surface area (Å²) >= 11 is 0. The summed E-state index contributed by atoms with van der Waals surface area (Å²) in [4.78, 5) is 26.3. The Hall–Kier alpha value is -2.88. The predicted octanol–water partition coefficient (Wildman–Crippen LogP) is 6.32. The fourth-order valence-corrected chi connectivity index (χ4v) is 3.25. The molecule has 0 unspecified atom stereocenters. The number of ketones is 1. The third kappa shape index (κ3) is 6.30. The maximum Gasteiger partial charge on any atom is 0.253 e. The minimum absolute atomic E-state index is 0.0343. The average Bonchev–Trinajstić information content (AvgIpc) is 2.71. The largest absolute Gasteiger partial charge is 0.490 e. The van der Waals surface area contributed by atoms with E-state index >= 15 is 0 Å². The molecular formula is C27H35NO3. The number of rotatable bonds is 8. The van der Waals surface area contributed by atoms with E-state index in [4.69, 9.17) is 4.74 Å². The number of benzene rings is 2. The van der Waals surface area contributed by atoms with E-state index in [2.05, 4.69) is 39.8 Å². The molecule has 0 radical (unpaired) electrons. The van der Waals surface area contributed by atoms with Crippen LogP contribution in [-0.4, -0.2) is 36.8 Å². The Morgan fingerprint density at radius 3 is 1.94 bits per heavy atom. The first-order valence-electron chi connectivity index (χ1n) is 10.9. The van der Waals surface area contributed by atoms with Crippen molar-refractivity contribution in [2.24, 2.45) is 0 Å². The van der Waals surface area contributed by atoms with Gasteiger partial charge in [-0.15, -0.1) is 0 Å². The van der Waals surface area contributed by atoms with Crippen LogP contribution in [0.15, 0.2) is 42.5 Å². The zero-order valence-electron chi connectivity index (χ0n) is 20.0. The molecule has 0 spiro atoms. The molecule has 4 heteroatoms. The molecule has 31 heavy (non-hydrogen) atoms. The number of hydrogen-bond donors (Lipinski definition) is 0. The lowest BCUT2D eigenvalue weighted by Crippen LogP contribution is -2.21. The summed E-state index contributed by atoms with van der Waals surface area (Å²) in [6, 6.07) is 11.1. The van der Waals surface area contributed by atoms with Gasteiger partial charge >= 0.3 is 0 Å². The Kier molecular flexibility index (Phi) is 8.21. The number of hydrogen-bond acceptors (Lipinski definition) is 3. The normalized spacial score (nSPS) is 11.6. The van der Waals surface area contributed by atoms with Gasteiger partial charge in [-0.3, -0.25) is 9.59 Å². The summed E-state index contributed by atoms with van der Waals surface area (Å²) in [5.41, 5.74) is 4.39. The Balaban J connectivity index is 2.41. The highest BCUT2D eigenvalue weighted by Crippen LogP contribution is 2.35. The fourth-order valence-electron chi connectivity index (χ4n) is 3.25. The Morgan fingerprint density at radius 1 is 0.871 bits per heavy atom. The van der Waals surface area contributed by atoms with Crippen molar-refractivity contribution >= 4 is 17.8 Å². The third-order valence-electron chi connectivity index (χ3n) is 5.05. The standard InChI is InChI=1S/C27H35NO3/c1-17(2)23-15-22(26(31-19(5)6)24(16-23)18(3)4)13-14-25(29)20-9-11-21(12-10-20)27(30)28(7)8/h9-19H,1-8H3. The summed E-state index contributed by atoms with van der Waals surface area (Å²) < 4.78 is 6.17. The van der Waals surface area contributed by atoms with Crippen LogP contribution in [0.25, 0.3) is 6.08 Å². The van der Waals surface area contributed by atoms with Crippen LogP contribution in [0.5, 0.6) is 5.75 Å². The first-order chi connectivity index (χ1) is 14.5. The molecule has 0 saturated carbocycles. The summed E-state index contributed by atoms with van der Waals surface area (Å²) in [5, 5.41) is 0. The second-order valence-electron chi connectivity index (χ2n) is 8.98. The molecule has 0 aliphatic rings. The van der Waals surface area contributed by atoms with Gasteiger partial charge in [0, 0.05) is 30.8 Å². The van der Waals surface area contributed by atoms with Gasteiger partial charge in [0.2, 0.25) is 0 Å². The molecule has 0 atom stereocenters. The number of carbonyl (C=O) groups is 2. The van der Waals surface area contributed by atoms with Crippen molar-refractivity contribution in [1.29, 1.82) is 0 Å². The Bertz CT molecular complexity index is 951. The SMILES string of the molecule is CC(C)Oc1c(C=CC(=O)c2ccc(C(=O)N(C)C)cc2)cc(C(C)C)cc1C(C)C. The summed E-state index contributed by atoms with van der Waals surface area (Å²) in [7, 11) is 3.41. The van der Waals surface area contributed by atoms with Gasteiger partial charge in [0.05, 0.1) is 6.10 Å². The summed E-state index contributed by atoms with van der Waals surface area (Å²) in [6.07, 6.45) is 3.46. The maximum atomic E-state index is 12.8. The molecule has 0 saturated heterocycles. The third-order valence-corrected chi connectivity index (χ3v) is 5.05. The van der Waals surface area contributed by atoms with Gasteiger partial charge in [0.1, 0.15) is 5.75 Å². The average molecular weight is 422 g/mol. The highest BCUT2D eigenvalue weighted by atomic mass is 16.5. The van der Waals surface area contributed by atoms with Gasteiger partial charge in [-0.05, 0) is 67.2 Å². The molecule has 1 amide bonds. The van der Waals surface area contributed by atoms with Gasteiger partial charge in [-0.25, -0.2) is 0 Å². The van der Waals surface area contributed by atoms with Crippen LogP contribution in [0, 0.1) is 0 Å². The smallest absolute Gasteiger partial charge is 0.253 e. The van der Waals surface area contributed by atoms with Crippen molar-refractivity contribution in [3.05, 3.63) is 70.3 Å². The number of carbonyl (C=O) groups excluding carboxylic acids is 2. The minimum atomic E-state index is -0.111. The van der Waals surface area contributed by atoms with Gasteiger partial charge in [-0.1, -0.05) is 45.9 Å². The molecule has 0 bridgehead atoms. The van der Waals surface area contributed by atoms with E-state index in [1.54, 1.807) is 44.4 Å². The number of ether oxygens (including phenoxy) is 1. The lowest BCUT2D eigenvalue weighted by Gasteiger charge is -2.21. The monoisotopic (exact) mass is 421 g/mol. The van der Waals surface area contributed by atoms with E-state index in [1.807, 2.05) is 19.9 Å². The number of amides is 1. The molecule has 2 aromatic rings. The zero-order chi connectivity index (χ0) is 23.3. The lowest BCUT2D eigenvalue weighted by molar-refractivity contribution is 0.0827.